The average molecular weight is 1090 g/mol. The lowest BCUT2D eigenvalue weighted by molar-refractivity contribution is 0.256. The molecule has 3 fully saturated rings. The minimum atomic E-state index is -0.257. The van der Waals surface area contributed by atoms with E-state index in [1.165, 1.54) is 9.13 Å². The van der Waals surface area contributed by atoms with Gasteiger partial charge in [-0.15, -0.1) is 0 Å². The molecule has 6 heterocycles. The van der Waals surface area contributed by atoms with E-state index >= 15 is 0 Å². The molecule has 12 N–H and O–H groups in total. The summed E-state index contributed by atoms with van der Waals surface area (Å²) in [5, 5.41) is 1.32. The van der Waals surface area contributed by atoms with Crippen LogP contribution in [0.25, 0.3) is 33.4 Å². The summed E-state index contributed by atoms with van der Waals surface area (Å²) >= 11 is 24.7. The first kappa shape index (κ1) is 55.9. The largest absolute Gasteiger partial charge is 0.383 e. The first-order valence-corrected chi connectivity index (χ1v) is 25.9. The SMILES string of the molecule is Cn1c(N2CCC(C)(CN)CC2)nc(N)c(-c2cccc(Cl)c2Cl)c1=O.Cn1c(N2CCC(C)(N)CC2)nc(N)c(-c2cccc(Cl)c2Cl)c1=O.Cn1c(N2CCC(C)(N)CC2)nc(N)c(-c2ccccc2)c1=O. The van der Waals surface area contributed by atoms with Gasteiger partial charge in [0.1, 0.15) is 17.5 Å². The van der Waals surface area contributed by atoms with Gasteiger partial charge in [0.15, 0.2) is 0 Å². The topological polar surface area (TPSA) is 271 Å². The standard InChI is InChI=1S/C18H23Cl2N5O.C17H21Cl2N5O.C17H23N5O/c1-18(10-21)6-8-25(9-7-18)17-23-15(22)13(16(26)24(17)2)11-4-3-5-12(19)14(11)20;1-17(21)6-8-24(9-7-17)16-22-14(20)12(15(25)23(16)2)10-4-3-5-11(18)13(10)19;1-17(19)8-10-22(11-9-17)16-20-14(18)13(15(23)21(16)2)12-6-4-3-5-7-12/h3-5H,6-10,21-22H2,1-2H3;3-5H,6-9,20-21H2,1-2H3;3-7H,8-11,18-19H2,1-2H3. The minimum Gasteiger partial charge on any atom is -0.383 e. The maximum Gasteiger partial charge on any atom is 0.264 e. The Morgan fingerprint density at radius 3 is 1.16 bits per heavy atom. The van der Waals surface area contributed by atoms with Crippen molar-refractivity contribution in [1.82, 2.24) is 28.7 Å². The van der Waals surface area contributed by atoms with Crippen LogP contribution in [0, 0.1) is 5.41 Å². The summed E-state index contributed by atoms with van der Waals surface area (Å²) < 4.78 is 4.61. The van der Waals surface area contributed by atoms with Gasteiger partial charge < -0.3 is 49.1 Å². The van der Waals surface area contributed by atoms with Gasteiger partial charge in [0.25, 0.3) is 16.7 Å². The highest BCUT2D eigenvalue weighted by Gasteiger charge is 2.33. The lowest BCUT2D eigenvalue weighted by Crippen LogP contribution is -2.49. The second-order valence-corrected chi connectivity index (χ2v) is 22.0. The van der Waals surface area contributed by atoms with Crippen molar-refractivity contribution in [2.24, 2.45) is 43.8 Å². The monoisotopic (exact) mass is 1090 g/mol. The third-order valence-electron chi connectivity index (χ3n) is 14.5. The molecule has 3 aromatic carbocycles. The molecule has 3 aliphatic rings. The van der Waals surface area contributed by atoms with Crippen molar-refractivity contribution in [3.8, 4) is 33.4 Å². The van der Waals surface area contributed by atoms with Crippen LogP contribution in [0.3, 0.4) is 0 Å². The smallest absolute Gasteiger partial charge is 0.264 e. The number of hydrogen-bond acceptors (Lipinski definition) is 15. The Morgan fingerprint density at radius 1 is 0.486 bits per heavy atom. The highest BCUT2D eigenvalue weighted by molar-refractivity contribution is 6.44. The normalized spacial score (nSPS) is 17.0. The zero-order valence-corrected chi connectivity index (χ0v) is 45.8. The maximum absolute atomic E-state index is 13.0. The molecule has 3 aliphatic heterocycles. The average Bonchev–Trinajstić information content (AvgIpc) is 3.36. The fourth-order valence-corrected chi connectivity index (χ4v) is 10.1. The molecule has 3 saturated heterocycles. The third kappa shape index (κ3) is 12.0. The molecule has 22 heteroatoms. The van der Waals surface area contributed by atoms with Gasteiger partial charge in [-0.3, -0.25) is 28.1 Å². The van der Waals surface area contributed by atoms with E-state index in [1.807, 2.05) is 42.2 Å². The molecular formula is C52H67Cl4N15O3. The van der Waals surface area contributed by atoms with Crippen LogP contribution >= 0.6 is 46.4 Å². The van der Waals surface area contributed by atoms with E-state index in [9.17, 15) is 14.4 Å². The van der Waals surface area contributed by atoms with Crippen LogP contribution in [0.5, 0.6) is 0 Å². The van der Waals surface area contributed by atoms with E-state index in [2.05, 4.69) is 38.6 Å². The first-order chi connectivity index (χ1) is 34.9. The van der Waals surface area contributed by atoms with Gasteiger partial charge in [0.2, 0.25) is 17.8 Å². The lowest BCUT2D eigenvalue weighted by Gasteiger charge is -2.39. The number of nitrogens with two attached hydrogens (primary N) is 6. The molecule has 6 aromatic rings. The number of piperidine rings is 3. The highest BCUT2D eigenvalue weighted by atomic mass is 35.5. The number of nitrogen functional groups attached to an aromatic ring is 3. The molecule has 74 heavy (non-hydrogen) atoms. The molecule has 0 radical (unpaired) electrons. The van der Waals surface area contributed by atoms with Crippen LogP contribution in [0.15, 0.2) is 81.1 Å². The Bertz CT molecular complexity index is 3190. The third-order valence-corrected chi connectivity index (χ3v) is 16.2. The second-order valence-electron chi connectivity index (χ2n) is 20.5. The Morgan fingerprint density at radius 2 is 0.811 bits per heavy atom. The minimum absolute atomic E-state index is 0.125. The van der Waals surface area contributed by atoms with Crippen molar-refractivity contribution in [3.63, 3.8) is 0 Å². The maximum atomic E-state index is 13.0. The summed E-state index contributed by atoms with van der Waals surface area (Å²) in [5.74, 6) is 2.29. The van der Waals surface area contributed by atoms with Crippen LogP contribution < -0.4 is 65.8 Å². The molecule has 0 atom stereocenters. The van der Waals surface area contributed by atoms with Crippen molar-refractivity contribution in [1.29, 1.82) is 0 Å². The summed E-state index contributed by atoms with van der Waals surface area (Å²) in [5.41, 5.74) is 38.5. The molecule has 0 spiro atoms. The van der Waals surface area contributed by atoms with Gasteiger partial charge in [0.05, 0.1) is 36.8 Å². The van der Waals surface area contributed by atoms with Gasteiger partial charge in [-0.1, -0.05) is 108 Å². The van der Waals surface area contributed by atoms with E-state index in [4.69, 9.17) is 80.8 Å². The number of halogens is 4. The Balaban J connectivity index is 0.000000162. The fraction of sp³-hybridized carbons (Fsp3) is 0.423. The molecule has 3 aromatic heterocycles. The molecule has 0 saturated carbocycles. The van der Waals surface area contributed by atoms with Crippen molar-refractivity contribution in [2.75, 3.05) is 77.7 Å². The van der Waals surface area contributed by atoms with E-state index < -0.39 is 0 Å². The van der Waals surface area contributed by atoms with Crippen molar-refractivity contribution in [2.45, 2.75) is 70.4 Å². The summed E-state index contributed by atoms with van der Waals surface area (Å²) in [4.78, 5) is 58.4. The number of benzene rings is 3. The van der Waals surface area contributed by atoms with Gasteiger partial charge in [-0.2, -0.15) is 15.0 Å². The zero-order chi connectivity index (χ0) is 54.0. The lowest BCUT2D eigenvalue weighted by atomic mass is 9.81. The Labute approximate surface area is 451 Å². The summed E-state index contributed by atoms with van der Waals surface area (Å²) in [6, 6.07) is 19.6. The predicted octanol–water partition coefficient (Wildman–Crippen LogP) is 6.90. The Hall–Kier alpha value is -5.86. The van der Waals surface area contributed by atoms with Crippen LogP contribution in [0.4, 0.5) is 35.3 Å². The van der Waals surface area contributed by atoms with Crippen molar-refractivity contribution >= 4 is 81.7 Å². The molecule has 0 amide bonds. The van der Waals surface area contributed by atoms with Crippen LogP contribution in [0.1, 0.15) is 59.3 Å². The molecule has 18 nitrogen and oxygen atoms in total. The number of aromatic nitrogens is 6. The van der Waals surface area contributed by atoms with Gasteiger partial charge in [-0.05, 0) is 82.0 Å². The van der Waals surface area contributed by atoms with Crippen LogP contribution in [-0.4, -0.2) is 85.5 Å². The Kier molecular flexibility index (Phi) is 17.0. The number of anilines is 6. The fourth-order valence-electron chi connectivity index (χ4n) is 9.33. The van der Waals surface area contributed by atoms with E-state index in [1.54, 1.807) is 62.1 Å². The molecule has 0 aliphatic carbocycles. The summed E-state index contributed by atoms with van der Waals surface area (Å²) in [7, 11) is 5.12. The van der Waals surface area contributed by atoms with E-state index in [-0.39, 0.29) is 61.8 Å². The van der Waals surface area contributed by atoms with E-state index in [0.717, 1.165) is 83.4 Å². The molecule has 396 valence electrons. The van der Waals surface area contributed by atoms with Gasteiger partial charge in [-0.25, -0.2) is 0 Å². The number of nitrogens with zero attached hydrogens (tertiary/aromatic N) is 9. The first-order valence-electron chi connectivity index (χ1n) is 24.4. The molecule has 0 unspecified atom stereocenters. The number of rotatable bonds is 7. The second kappa shape index (κ2) is 22.5. The molecular weight excluding hydrogens is 1020 g/mol. The highest BCUT2D eigenvalue weighted by Crippen LogP contribution is 2.37. The molecule has 9 rings (SSSR count). The number of hydrogen-bond donors (Lipinski definition) is 6. The van der Waals surface area contributed by atoms with Crippen LogP contribution in [0.2, 0.25) is 20.1 Å². The zero-order valence-electron chi connectivity index (χ0n) is 42.8. The predicted molar refractivity (Wildman–Crippen MR) is 305 cm³/mol. The van der Waals surface area contributed by atoms with Gasteiger partial charge >= 0.3 is 0 Å². The van der Waals surface area contributed by atoms with E-state index in [0.29, 0.717) is 61.2 Å². The van der Waals surface area contributed by atoms with Crippen LogP contribution in [-0.2, 0) is 21.1 Å². The van der Waals surface area contributed by atoms with Crippen molar-refractivity contribution < 1.29 is 0 Å². The molecule has 0 bridgehead atoms. The van der Waals surface area contributed by atoms with Gasteiger partial charge in [0, 0.05) is 82.6 Å². The quantitative estimate of drug-likeness (QED) is 0.0949. The summed E-state index contributed by atoms with van der Waals surface area (Å²) in [6.45, 7) is 11.5. The summed E-state index contributed by atoms with van der Waals surface area (Å²) in [6.07, 6.45) is 5.27. The van der Waals surface area contributed by atoms with Crippen molar-refractivity contribution in [3.05, 3.63) is 118 Å².